The third kappa shape index (κ3) is 4.67. The maximum absolute atomic E-state index is 13.6. The number of aliphatic hydroxyl groups excluding tert-OH is 2. The van der Waals surface area contributed by atoms with Gasteiger partial charge in [0.05, 0.1) is 53.4 Å². The van der Waals surface area contributed by atoms with E-state index < -0.39 is 53.5 Å². The highest BCUT2D eigenvalue weighted by molar-refractivity contribution is 6.32. The predicted octanol–water partition coefficient (Wildman–Crippen LogP) is 1.43. The number of fused-ring (bicyclic) bond motifs is 3. The Balaban J connectivity index is 0.00000353. The van der Waals surface area contributed by atoms with Crippen molar-refractivity contribution in [3.63, 3.8) is 0 Å². The van der Waals surface area contributed by atoms with Crippen LogP contribution in [0.25, 0.3) is 0 Å². The molecule has 2 aromatic carbocycles. The molecule has 12 heteroatoms. The first kappa shape index (κ1) is 29.2. The van der Waals surface area contributed by atoms with Crippen LogP contribution in [0.5, 0.6) is 17.2 Å². The van der Waals surface area contributed by atoms with Gasteiger partial charge in [0, 0.05) is 48.6 Å². The van der Waals surface area contributed by atoms with E-state index in [2.05, 4.69) is 0 Å². The molecule has 3 aliphatic rings. The maximum atomic E-state index is 13.6. The quantitative estimate of drug-likeness (QED) is 0.223. The number of aromatic hydroxyl groups is 2. The summed E-state index contributed by atoms with van der Waals surface area (Å²) >= 11 is 0. The van der Waals surface area contributed by atoms with Crippen molar-refractivity contribution in [2.75, 3.05) is 13.7 Å². The van der Waals surface area contributed by atoms with Crippen molar-refractivity contribution in [2.45, 2.75) is 68.9 Å². The maximum Gasteiger partial charge on any atom is 0.198 e. The molecule has 2 aliphatic carbocycles. The Hall–Kier alpha value is -2.77. The molecule has 0 bridgehead atoms. The van der Waals surface area contributed by atoms with E-state index in [1.54, 1.807) is 19.1 Å². The van der Waals surface area contributed by atoms with Gasteiger partial charge in [-0.15, -0.1) is 12.4 Å². The molecule has 0 unspecified atom stereocenters. The highest BCUT2D eigenvalue weighted by Gasteiger charge is 2.47. The Morgan fingerprint density at radius 3 is 2.56 bits per heavy atom. The summed E-state index contributed by atoms with van der Waals surface area (Å²) in [5.41, 5.74) is 4.46. The summed E-state index contributed by atoms with van der Waals surface area (Å²) in [5.74, 6) is -1.22. The summed E-state index contributed by atoms with van der Waals surface area (Å²) in [6.07, 6.45) is -3.64. The van der Waals surface area contributed by atoms with Gasteiger partial charge >= 0.3 is 0 Å². The predicted molar refractivity (Wildman–Crippen MR) is 141 cm³/mol. The van der Waals surface area contributed by atoms with Crippen LogP contribution in [-0.4, -0.2) is 80.9 Å². The molecule has 1 fully saturated rings. The van der Waals surface area contributed by atoms with Crippen LogP contribution in [0, 0.1) is 5.41 Å². The van der Waals surface area contributed by atoms with Crippen molar-refractivity contribution in [3.8, 4) is 17.2 Å². The molecular formula is C27H33ClN2O9. The average molecular weight is 565 g/mol. The molecule has 0 amide bonds. The van der Waals surface area contributed by atoms with Crippen molar-refractivity contribution in [2.24, 2.45) is 5.73 Å². The lowest BCUT2D eigenvalue weighted by molar-refractivity contribution is -0.248. The number of ether oxygens (including phenoxy) is 3. The molecule has 1 heterocycles. The zero-order valence-corrected chi connectivity index (χ0v) is 22.3. The standard InChI is InChI=1S/C27H32N2O9.ClH/c1-11-23(31)14(28)8-17(37-11)38-16-10-27(35,6-7-30)9-13-19(16)26(34)20-21(25(13)33)24(32)12-4-3-5-15(36-2)18(12)22(20)29;/h3-5,11,14,16-17,23,29-31,33-35H,6-10,28H2,1-2H3;1H/t11-,14-,16-,17-,23+,27-;/m0./s1. The number of aliphatic hydroxyl groups is 3. The third-order valence-electron chi connectivity index (χ3n) is 7.84. The van der Waals surface area contributed by atoms with Crippen molar-refractivity contribution in [3.05, 3.63) is 51.6 Å². The van der Waals surface area contributed by atoms with Crippen molar-refractivity contribution < 1.29 is 44.5 Å². The first-order valence-electron chi connectivity index (χ1n) is 12.5. The number of phenols is 2. The lowest BCUT2D eigenvalue weighted by Gasteiger charge is -2.43. The number of carbonyl (C=O) groups excluding carboxylic acids is 1. The van der Waals surface area contributed by atoms with E-state index in [9.17, 15) is 30.3 Å². The monoisotopic (exact) mass is 564 g/mol. The van der Waals surface area contributed by atoms with E-state index in [4.69, 9.17) is 25.4 Å². The summed E-state index contributed by atoms with van der Waals surface area (Å²) in [5, 5.41) is 63.0. The number of halogens is 1. The fourth-order valence-corrected chi connectivity index (χ4v) is 5.91. The Morgan fingerprint density at radius 2 is 1.92 bits per heavy atom. The Bertz CT molecular complexity index is 1310. The van der Waals surface area contributed by atoms with Gasteiger partial charge < -0.3 is 45.5 Å². The van der Waals surface area contributed by atoms with E-state index in [0.717, 1.165) is 0 Å². The van der Waals surface area contributed by atoms with Crippen molar-refractivity contribution in [1.82, 2.24) is 0 Å². The summed E-state index contributed by atoms with van der Waals surface area (Å²) in [6, 6.07) is 4.07. The van der Waals surface area contributed by atoms with Crippen molar-refractivity contribution >= 4 is 23.9 Å². The molecule has 0 aromatic heterocycles. The summed E-state index contributed by atoms with van der Waals surface area (Å²) < 4.78 is 17.3. The van der Waals surface area contributed by atoms with Gasteiger partial charge in [0.1, 0.15) is 17.2 Å². The Kier molecular flexibility index (Phi) is 7.99. The Labute approximate surface area is 231 Å². The number of nitrogens with two attached hydrogens (primary N) is 1. The molecular weight excluding hydrogens is 532 g/mol. The number of carbonyl (C=O) groups is 1. The summed E-state index contributed by atoms with van der Waals surface area (Å²) in [6.45, 7) is 1.30. The second kappa shape index (κ2) is 10.7. The second-order valence-electron chi connectivity index (χ2n) is 10.3. The van der Waals surface area contributed by atoms with Crippen LogP contribution < -0.4 is 10.5 Å². The zero-order valence-electron chi connectivity index (χ0n) is 21.5. The van der Waals surface area contributed by atoms with Crippen LogP contribution >= 0.6 is 12.4 Å². The van der Waals surface area contributed by atoms with Gasteiger partial charge in [0.25, 0.3) is 0 Å². The normalized spacial score (nSPS) is 29.6. The van der Waals surface area contributed by atoms with E-state index >= 15 is 0 Å². The topological polar surface area (TPSA) is 196 Å². The van der Waals surface area contributed by atoms with Crippen LogP contribution in [-0.2, 0) is 15.9 Å². The second-order valence-corrected chi connectivity index (χ2v) is 10.3. The number of methoxy groups -OCH3 is 1. The summed E-state index contributed by atoms with van der Waals surface area (Å²) in [4.78, 5) is 13.6. The fourth-order valence-electron chi connectivity index (χ4n) is 5.91. The minimum atomic E-state index is -1.53. The largest absolute Gasteiger partial charge is 0.507 e. The van der Waals surface area contributed by atoms with Crippen LogP contribution in [0.4, 0.5) is 0 Å². The molecule has 212 valence electrons. The number of benzene rings is 2. The fraction of sp³-hybridized carbons (Fsp3) is 0.481. The molecule has 5 rings (SSSR count). The molecule has 0 saturated carbocycles. The van der Waals surface area contributed by atoms with Gasteiger partial charge in [-0.25, -0.2) is 0 Å². The molecule has 6 atom stereocenters. The zero-order chi connectivity index (χ0) is 27.5. The molecule has 8 N–H and O–H groups in total. The first-order chi connectivity index (χ1) is 18.0. The molecule has 1 aliphatic heterocycles. The van der Waals surface area contributed by atoms with Crippen LogP contribution in [0.1, 0.15) is 70.5 Å². The number of ketones is 1. The number of phenolic OH excluding ortho intramolecular Hbond substituents is 2. The SMILES string of the molecule is COc1cccc2c1C(=N)c1c(O)c3c(c(O)c1C2=O)C[C@@](O)(CCO)C[C@@H]3O[C@H]1C[C@H](N)[C@H](O)[C@H](C)O1.Cl. The highest BCUT2D eigenvalue weighted by Crippen LogP contribution is 2.52. The van der Waals surface area contributed by atoms with Crippen LogP contribution in [0.3, 0.4) is 0 Å². The highest BCUT2D eigenvalue weighted by atomic mass is 35.5. The minimum Gasteiger partial charge on any atom is -0.507 e. The lowest BCUT2D eigenvalue weighted by atomic mass is 9.72. The van der Waals surface area contributed by atoms with Gasteiger partial charge in [-0.3, -0.25) is 10.2 Å². The Morgan fingerprint density at radius 1 is 1.21 bits per heavy atom. The average Bonchev–Trinajstić information content (AvgIpc) is 2.87. The lowest BCUT2D eigenvalue weighted by Crippen LogP contribution is -2.52. The van der Waals surface area contributed by atoms with Gasteiger partial charge in [0.2, 0.25) is 0 Å². The first-order valence-corrected chi connectivity index (χ1v) is 12.5. The number of hydrogen-bond acceptors (Lipinski definition) is 11. The smallest absolute Gasteiger partial charge is 0.198 e. The molecule has 0 radical (unpaired) electrons. The van der Waals surface area contributed by atoms with Gasteiger partial charge in [-0.05, 0) is 19.4 Å². The van der Waals surface area contributed by atoms with E-state index in [1.165, 1.54) is 13.2 Å². The van der Waals surface area contributed by atoms with Gasteiger partial charge in [0.15, 0.2) is 12.1 Å². The molecule has 1 saturated heterocycles. The molecule has 39 heavy (non-hydrogen) atoms. The van der Waals surface area contributed by atoms with E-state index in [1.807, 2.05) is 0 Å². The minimum absolute atomic E-state index is 0. The number of rotatable bonds is 5. The number of hydrogen-bond donors (Lipinski definition) is 7. The molecule has 11 nitrogen and oxygen atoms in total. The van der Waals surface area contributed by atoms with E-state index in [-0.39, 0.29) is 89.5 Å². The van der Waals surface area contributed by atoms with Crippen molar-refractivity contribution in [1.29, 1.82) is 5.41 Å². The van der Waals surface area contributed by atoms with Crippen LogP contribution in [0.15, 0.2) is 18.2 Å². The van der Waals surface area contributed by atoms with Gasteiger partial charge in [-0.1, -0.05) is 12.1 Å². The summed E-state index contributed by atoms with van der Waals surface area (Å²) in [7, 11) is 1.41. The van der Waals surface area contributed by atoms with E-state index in [0.29, 0.717) is 0 Å². The third-order valence-corrected chi connectivity index (χ3v) is 7.84. The number of nitrogens with one attached hydrogen (secondary N) is 1. The van der Waals surface area contributed by atoms with Gasteiger partial charge in [-0.2, -0.15) is 0 Å². The molecule has 2 aromatic rings. The molecule has 0 spiro atoms. The van der Waals surface area contributed by atoms with Crippen LogP contribution in [0.2, 0.25) is 0 Å².